The molecule has 0 bridgehead atoms. The molecule has 13 heavy (non-hydrogen) atoms. The highest BCUT2D eigenvalue weighted by atomic mass is 79.9. The van der Waals surface area contributed by atoms with Gasteiger partial charge in [0.15, 0.2) is 0 Å². The molecule has 0 fully saturated rings. The Labute approximate surface area is 98.4 Å². The maximum absolute atomic E-state index is 6.12. The Balaban J connectivity index is 2.88. The topological polar surface area (TPSA) is 0 Å². The SMILES string of the molecule is CSc1c(Cl)sc2cccc(Br)c12. The molecule has 0 amide bonds. The third-order valence-corrected chi connectivity index (χ3v) is 4.87. The van der Waals surface area contributed by atoms with Crippen molar-refractivity contribution in [1.29, 1.82) is 0 Å². The van der Waals surface area contributed by atoms with Crippen molar-refractivity contribution < 1.29 is 0 Å². The Kier molecular flexibility index (Phi) is 2.88. The number of hydrogen-bond donors (Lipinski definition) is 0. The van der Waals surface area contributed by atoms with Crippen LogP contribution in [0.5, 0.6) is 0 Å². The van der Waals surface area contributed by atoms with Crippen LogP contribution in [0.15, 0.2) is 27.6 Å². The molecule has 0 atom stereocenters. The predicted octanol–water partition coefficient (Wildman–Crippen LogP) is 5.04. The van der Waals surface area contributed by atoms with Crippen LogP contribution in [0, 0.1) is 0 Å². The highest BCUT2D eigenvalue weighted by Gasteiger charge is 2.11. The summed E-state index contributed by atoms with van der Waals surface area (Å²) in [6.07, 6.45) is 2.05. The third-order valence-electron chi connectivity index (χ3n) is 1.78. The van der Waals surface area contributed by atoms with Gasteiger partial charge in [-0.1, -0.05) is 33.6 Å². The van der Waals surface area contributed by atoms with E-state index < -0.39 is 0 Å². The smallest absolute Gasteiger partial charge is 0.108 e. The second-order valence-electron chi connectivity index (χ2n) is 2.52. The first-order chi connectivity index (χ1) is 6.24. The summed E-state index contributed by atoms with van der Waals surface area (Å²) in [5.41, 5.74) is 0. The van der Waals surface area contributed by atoms with E-state index in [1.165, 1.54) is 15.0 Å². The van der Waals surface area contributed by atoms with Crippen LogP contribution in [0.3, 0.4) is 0 Å². The molecule has 0 aliphatic heterocycles. The minimum Gasteiger partial charge on any atom is -0.126 e. The fourth-order valence-corrected chi connectivity index (χ4v) is 4.51. The van der Waals surface area contributed by atoms with Crippen LogP contribution in [-0.2, 0) is 0 Å². The van der Waals surface area contributed by atoms with Gasteiger partial charge in [-0.25, -0.2) is 0 Å². The Hall–Kier alpha value is 0.300. The van der Waals surface area contributed by atoms with Gasteiger partial charge in [0.25, 0.3) is 0 Å². The van der Waals surface area contributed by atoms with Crippen LogP contribution in [0.1, 0.15) is 0 Å². The average Bonchev–Trinajstić information content (AvgIpc) is 2.42. The number of thioether (sulfide) groups is 1. The monoisotopic (exact) mass is 292 g/mol. The van der Waals surface area contributed by atoms with Crippen molar-refractivity contribution in [1.82, 2.24) is 0 Å². The Morgan fingerprint density at radius 1 is 1.46 bits per heavy atom. The van der Waals surface area contributed by atoms with E-state index >= 15 is 0 Å². The van der Waals surface area contributed by atoms with E-state index in [9.17, 15) is 0 Å². The van der Waals surface area contributed by atoms with Crippen LogP contribution >= 0.6 is 50.6 Å². The van der Waals surface area contributed by atoms with Crippen molar-refractivity contribution in [2.45, 2.75) is 4.90 Å². The summed E-state index contributed by atoms with van der Waals surface area (Å²) in [7, 11) is 0. The van der Waals surface area contributed by atoms with E-state index in [1.807, 2.05) is 18.4 Å². The zero-order valence-corrected chi connectivity index (χ0v) is 10.8. The van der Waals surface area contributed by atoms with E-state index in [4.69, 9.17) is 11.6 Å². The molecule has 1 aromatic carbocycles. The summed E-state index contributed by atoms with van der Waals surface area (Å²) in [6, 6.07) is 6.17. The molecule has 0 saturated heterocycles. The number of halogens is 2. The van der Waals surface area contributed by atoms with Crippen LogP contribution in [0.2, 0.25) is 4.34 Å². The summed E-state index contributed by atoms with van der Waals surface area (Å²) >= 11 is 13.0. The number of rotatable bonds is 1. The highest BCUT2D eigenvalue weighted by Crippen LogP contribution is 2.43. The molecule has 1 aromatic heterocycles. The zero-order valence-electron chi connectivity index (χ0n) is 6.80. The van der Waals surface area contributed by atoms with E-state index in [0.29, 0.717) is 0 Å². The van der Waals surface area contributed by atoms with Crippen molar-refractivity contribution in [3.8, 4) is 0 Å². The van der Waals surface area contributed by atoms with Gasteiger partial charge < -0.3 is 0 Å². The maximum Gasteiger partial charge on any atom is 0.108 e. The van der Waals surface area contributed by atoms with Gasteiger partial charge in [-0.2, -0.15) is 0 Å². The number of benzene rings is 1. The van der Waals surface area contributed by atoms with E-state index in [-0.39, 0.29) is 0 Å². The Morgan fingerprint density at radius 2 is 2.23 bits per heavy atom. The molecule has 2 rings (SSSR count). The van der Waals surface area contributed by atoms with Gasteiger partial charge in [-0.15, -0.1) is 23.1 Å². The predicted molar refractivity (Wildman–Crippen MR) is 66.3 cm³/mol. The van der Waals surface area contributed by atoms with Gasteiger partial charge in [0.2, 0.25) is 0 Å². The first kappa shape index (κ1) is 9.84. The molecule has 0 aliphatic rings. The van der Waals surface area contributed by atoms with Crippen LogP contribution < -0.4 is 0 Å². The lowest BCUT2D eigenvalue weighted by Crippen LogP contribution is -1.69. The van der Waals surface area contributed by atoms with Gasteiger partial charge in [-0.3, -0.25) is 0 Å². The van der Waals surface area contributed by atoms with E-state index in [0.717, 1.165) is 8.81 Å². The molecule has 0 nitrogen and oxygen atoms in total. The van der Waals surface area contributed by atoms with Crippen molar-refractivity contribution in [3.05, 3.63) is 27.0 Å². The summed E-state index contributed by atoms with van der Waals surface area (Å²) in [5, 5.41) is 1.24. The molecule has 2 aromatic rings. The lowest BCUT2D eigenvalue weighted by atomic mass is 10.3. The Bertz CT molecular complexity index is 450. The first-order valence-corrected chi connectivity index (χ1v) is 6.85. The van der Waals surface area contributed by atoms with Crippen LogP contribution in [-0.4, -0.2) is 6.26 Å². The quantitative estimate of drug-likeness (QED) is 0.664. The van der Waals surface area contributed by atoms with Crippen molar-refractivity contribution in [3.63, 3.8) is 0 Å². The summed E-state index contributed by atoms with van der Waals surface area (Å²) in [4.78, 5) is 1.18. The molecule has 68 valence electrons. The van der Waals surface area contributed by atoms with Crippen molar-refractivity contribution >= 4 is 60.7 Å². The fourth-order valence-electron chi connectivity index (χ4n) is 1.23. The molecule has 0 aliphatic carbocycles. The minimum atomic E-state index is 0.884. The molecule has 0 N–H and O–H groups in total. The average molecular weight is 294 g/mol. The van der Waals surface area contributed by atoms with Crippen molar-refractivity contribution in [2.24, 2.45) is 0 Å². The second-order valence-corrected chi connectivity index (χ2v) is 5.85. The number of hydrogen-bond acceptors (Lipinski definition) is 2. The van der Waals surface area contributed by atoms with Crippen molar-refractivity contribution in [2.75, 3.05) is 6.26 Å². The van der Waals surface area contributed by atoms with Crippen LogP contribution in [0.25, 0.3) is 10.1 Å². The van der Waals surface area contributed by atoms with E-state index in [2.05, 4.69) is 22.0 Å². The Morgan fingerprint density at radius 3 is 2.92 bits per heavy atom. The largest absolute Gasteiger partial charge is 0.126 e. The van der Waals surface area contributed by atoms with Gasteiger partial charge in [0.1, 0.15) is 4.34 Å². The molecule has 1 heterocycles. The molecule has 0 unspecified atom stereocenters. The summed E-state index contributed by atoms with van der Waals surface area (Å²) in [6.45, 7) is 0. The van der Waals surface area contributed by atoms with Crippen LogP contribution in [0.4, 0.5) is 0 Å². The highest BCUT2D eigenvalue weighted by molar-refractivity contribution is 9.10. The lowest BCUT2D eigenvalue weighted by molar-refractivity contribution is 1.63. The summed E-state index contributed by atoms with van der Waals surface area (Å²) in [5.74, 6) is 0. The van der Waals surface area contributed by atoms with Gasteiger partial charge in [-0.05, 0) is 18.4 Å². The number of fused-ring (bicyclic) bond motifs is 1. The molecule has 0 saturated carbocycles. The molecular weight excluding hydrogens is 288 g/mol. The zero-order chi connectivity index (χ0) is 9.42. The van der Waals surface area contributed by atoms with E-state index in [1.54, 1.807) is 23.1 Å². The molecule has 0 radical (unpaired) electrons. The molecule has 0 spiro atoms. The maximum atomic E-state index is 6.12. The minimum absolute atomic E-state index is 0.884. The molecular formula is C9H6BrClS2. The normalized spacial score (nSPS) is 11.0. The second kappa shape index (κ2) is 3.81. The van der Waals surface area contributed by atoms with Gasteiger partial charge in [0.05, 0.1) is 0 Å². The van der Waals surface area contributed by atoms with Gasteiger partial charge >= 0.3 is 0 Å². The third kappa shape index (κ3) is 1.63. The first-order valence-electron chi connectivity index (χ1n) is 3.64. The standard InChI is InChI=1S/C9H6BrClS2/c1-12-8-7-5(10)3-2-4-6(7)13-9(8)11/h2-4H,1H3. The lowest BCUT2D eigenvalue weighted by Gasteiger charge is -1.96. The molecule has 4 heteroatoms. The fraction of sp³-hybridized carbons (Fsp3) is 0.111. The van der Waals surface area contributed by atoms with Gasteiger partial charge in [0, 0.05) is 19.5 Å². The summed E-state index contributed by atoms with van der Waals surface area (Å²) < 4.78 is 3.25. The number of thiophene rings is 1.